The number of aryl methyl sites for hydroxylation is 1. The van der Waals surface area contributed by atoms with Crippen LogP contribution in [0.25, 0.3) is 0 Å². The third kappa shape index (κ3) is 7.13. The van der Waals surface area contributed by atoms with Gasteiger partial charge in [-0.25, -0.2) is 4.99 Å². The van der Waals surface area contributed by atoms with Crippen LogP contribution in [0.4, 0.5) is 0 Å². The summed E-state index contributed by atoms with van der Waals surface area (Å²) in [6.45, 7) is 12.7. The van der Waals surface area contributed by atoms with E-state index in [1.54, 1.807) is 7.11 Å². The van der Waals surface area contributed by atoms with Crippen LogP contribution in [0.15, 0.2) is 4.99 Å². The van der Waals surface area contributed by atoms with Crippen molar-refractivity contribution in [2.45, 2.75) is 53.6 Å². The highest BCUT2D eigenvalue weighted by atomic mass is 127. The number of halogens is 1. The van der Waals surface area contributed by atoms with Crippen molar-refractivity contribution in [2.75, 3.05) is 40.0 Å². The molecule has 0 aliphatic carbocycles. The maximum atomic E-state index is 12.2. The van der Waals surface area contributed by atoms with Gasteiger partial charge in [-0.3, -0.25) is 9.48 Å². The standard InChI is InChI=1S/C20H35N5O3.HI/c1-6-21-20(24-10-8-9-17(14-24)19(26)28-7-2)22-13-18-15(3)23-25(16(18)4)11-12-27-5;/h17H,6-14H2,1-5H3,(H,21,22);1H/t17-;/m1./s1. The molecule has 1 aromatic rings. The molecule has 9 heteroatoms. The number of carbonyl (C=O) groups is 1. The van der Waals surface area contributed by atoms with Crippen LogP contribution in [0.1, 0.15) is 43.6 Å². The zero-order valence-electron chi connectivity index (χ0n) is 18.4. The van der Waals surface area contributed by atoms with Gasteiger partial charge in [-0.1, -0.05) is 0 Å². The topological polar surface area (TPSA) is 81.0 Å². The van der Waals surface area contributed by atoms with E-state index < -0.39 is 0 Å². The number of piperidine rings is 1. The van der Waals surface area contributed by atoms with Crippen LogP contribution < -0.4 is 5.32 Å². The monoisotopic (exact) mass is 521 g/mol. The average molecular weight is 521 g/mol. The number of likely N-dealkylation sites (tertiary alicyclic amines) is 1. The van der Waals surface area contributed by atoms with Gasteiger partial charge in [0, 0.05) is 38.0 Å². The Bertz CT molecular complexity index is 677. The first kappa shape index (κ1) is 25.7. The lowest BCUT2D eigenvalue weighted by atomic mass is 9.98. The Labute approximate surface area is 191 Å². The maximum Gasteiger partial charge on any atom is 0.310 e. The summed E-state index contributed by atoms with van der Waals surface area (Å²) in [5, 5.41) is 7.98. The van der Waals surface area contributed by atoms with E-state index in [0.717, 1.165) is 55.4 Å². The van der Waals surface area contributed by atoms with Crippen LogP contribution in [-0.2, 0) is 27.4 Å². The molecule has 0 bridgehead atoms. The van der Waals surface area contributed by atoms with Crippen LogP contribution in [-0.4, -0.2) is 66.6 Å². The fourth-order valence-corrected chi connectivity index (χ4v) is 3.56. The Hall–Kier alpha value is -1.36. The molecule has 0 unspecified atom stereocenters. The first-order valence-electron chi connectivity index (χ1n) is 10.2. The van der Waals surface area contributed by atoms with Crippen molar-refractivity contribution in [1.29, 1.82) is 0 Å². The lowest BCUT2D eigenvalue weighted by molar-refractivity contribution is -0.149. The Morgan fingerprint density at radius 2 is 2.10 bits per heavy atom. The van der Waals surface area contributed by atoms with E-state index >= 15 is 0 Å². The normalized spacial score (nSPS) is 17.1. The van der Waals surface area contributed by atoms with E-state index in [0.29, 0.717) is 26.3 Å². The predicted octanol–water partition coefficient (Wildman–Crippen LogP) is 2.50. The summed E-state index contributed by atoms with van der Waals surface area (Å²) in [6.07, 6.45) is 1.83. The number of methoxy groups -OCH3 is 1. The summed E-state index contributed by atoms with van der Waals surface area (Å²) in [4.78, 5) is 19.2. The van der Waals surface area contributed by atoms with Crippen molar-refractivity contribution in [3.63, 3.8) is 0 Å². The minimum absolute atomic E-state index is 0. The Morgan fingerprint density at radius 1 is 1.34 bits per heavy atom. The highest BCUT2D eigenvalue weighted by Crippen LogP contribution is 2.19. The molecule has 2 heterocycles. The molecule has 1 aliphatic heterocycles. The smallest absolute Gasteiger partial charge is 0.310 e. The lowest BCUT2D eigenvalue weighted by Gasteiger charge is -2.34. The third-order valence-electron chi connectivity index (χ3n) is 5.10. The van der Waals surface area contributed by atoms with Gasteiger partial charge in [0.05, 0.1) is 37.9 Å². The number of esters is 1. The molecule has 1 aromatic heterocycles. The van der Waals surface area contributed by atoms with Gasteiger partial charge in [0.15, 0.2) is 5.96 Å². The molecule has 166 valence electrons. The number of hydrogen-bond acceptors (Lipinski definition) is 5. The molecule has 1 atom stereocenters. The molecule has 8 nitrogen and oxygen atoms in total. The zero-order chi connectivity index (χ0) is 20.5. The Morgan fingerprint density at radius 3 is 2.76 bits per heavy atom. The Balaban J connectivity index is 0.00000420. The molecule has 2 rings (SSSR count). The van der Waals surface area contributed by atoms with Crippen molar-refractivity contribution in [3.8, 4) is 0 Å². The van der Waals surface area contributed by atoms with Gasteiger partial charge in [0.2, 0.25) is 0 Å². The van der Waals surface area contributed by atoms with Crippen molar-refractivity contribution in [1.82, 2.24) is 20.0 Å². The van der Waals surface area contributed by atoms with Gasteiger partial charge in [0.1, 0.15) is 0 Å². The van der Waals surface area contributed by atoms with E-state index in [4.69, 9.17) is 14.5 Å². The van der Waals surface area contributed by atoms with Gasteiger partial charge >= 0.3 is 5.97 Å². The van der Waals surface area contributed by atoms with Crippen molar-refractivity contribution in [3.05, 3.63) is 17.0 Å². The van der Waals surface area contributed by atoms with Gasteiger partial charge in [0.25, 0.3) is 0 Å². The minimum Gasteiger partial charge on any atom is -0.466 e. The molecule has 29 heavy (non-hydrogen) atoms. The van der Waals surface area contributed by atoms with Gasteiger partial charge in [-0.2, -0.15) is 5.10 Å². The quantitative estimate of drug-likeness (QED) is 0.245. The Kier molecular flexibility index (Phi) is 11.6. The average Bonchev–Trinajstić information content (AvgIpc) is 2.96. The fraction of sp³-hybridized carbons (Fsp3) is 0.750. The molecule has 0 amide bonds. The van der Waals surface area contributed by atoms with E-state index in [1.165, 1.54) is 0 Å². The van der Waals surface area contributed by atoms with E-state index in [1.807, 2.05) is 18.5 Å². The molecule has 1 aliphatic rings. The SMILES string of the molecule is CCNC(=NCc1c(C)nn(CCOC)c1C)N1CCC[C@@H](C(=O)OCC)C1.I. The van der Waals surface area contributed by atoms with Gasteiger partial charge < -0.3 is 19.7 Å². The summed E-state index contributed by atoms with van der Waals surface area (Å²) in [6, 6.07) is 0. The highest BCUT2D eigenvalue weighted by Gasteiger charge is 2.28. The van der Waals surface area contributed by atoms with Crippen LogP contribution in [0.3, 0.4) is 0 Å². The number of carbonyl (C=O) groups excluding carboxylic acids is 1. The molecule has 0 aromatic carbocycles. The minimum atomic E-state index is -0.103. The van der Waals surface area contributed by atoms with Gasteiger partial charge in [-0.15, -0.1) is 24.0 Å². The third-order valence-corrected chi connectivity index (χ3v) is 5.10. The molecule has 0 radical (unpaired) electrons. The molecular formula is C20H36IN5O3. The van der Waals surface area contributed by atoms with E-state index in [-0.39, 0.29) is 35.9 Å². The van der Waals surface area contributed by atoms with Crippen LogP contribution in [0.2, 0.25) is 0 Å². The first-order chi connectivity index (χ1) is 13.5. The number of rotatable bonds is 8. The summed E-state index contributed by atoms with van der Waals surface area (Å²) in [7, 11) is 1.70. The molecule has 1 N–H and O–H groups in total. The lowest BCUT2D eigenvalue weighted by Crippen LogP contribution is -2.48. The number of ether oxygens (including phenoxy) is 2. The highest BCUT2D eigenvalue weighted by molar-refractivity contribution is 14.0. The van der Waals surface area contributed by atoms with E-state index in [2.05, 4.69) is 29.2 Å². The number of aliphatic imine (C=N–C) groups is 1. The molecule has 1 saturated heterocycles. The molecular weight excluding hydrogens is 485 g/mol. The first-order valence-corrected chi connectivity index (χ1v) is 10.2. The molecule has 0 saturated carbocycles. The molecule has 0 spiro atoms. The zero-order valence-corrected chi connectivity index (χ0v) is 20.7. The van der Waals surface area contributed by atoms with Crippen LogP contribution >= 0.6 is 24.0 Å². The second-order valence-corrected chi connectivity index (χ2v) is 7.07. The second kappa shape index (κ2) is 13.0. The van der Waals surface area contributed by atoms with Crippen molar-refractivity contribution >= 4 is 35.9 Å². The fourth-order valence-electron chi connectivity index (χ4n) is 3.56. The molecule has 1 fully saturated rings. The van der Waals surface area contributed by atoms with Crippen LogP contribution in [0, 0.1) is 19.8 Å². The van der Waals surface area contributed by atoms with Crippen molar-refractivity contribution in [2.24, 2.45) is 10.9 Å². The van der Waals surface area contributed by atoms with Crippen molar-refractivity contribution < 1.29 is 14.3 Å². The summed E-state index contributed by atoms with van der Waals surface area (Å²) >= 11 is 0. The number of aromatic nitrogens is 2. The summed E-state index contributed by atoms with van der Waals surface area (Å²) in [5.74, 6) is 0.659. The summed E-state index contributed by atoms with van der Waals surface area (Å²) in [5.41, 5.74) is 3.26. The number of hydrogen-bond donors (Lipinski definition) is 1. The second-order valence-electron chi connectivity index (χ2n) is 7.07. The number of nitrogens with zero attached hydrogens (tertiary/aromatic N) is 4. The number of nitrogens with one attached hydrogen (secondary N) is 1. The largest absolute Gasteiger partial charge is 0.466 e. The maximum absolute atomic E-state index is 12.2. The van der Waals surface area contributed by atoms with E-state index in [9.17, 15) is 4.79 Å². The summed E-state index contributed by atoms with van der Waals surface area (Å²) < 4.78 is 12.4. The van der Waals surface area contributed by atoms with Gasteiger partial charge in [-0.05, 0) is 40.5 Å². The van der Waals surface area contributed by atoms with Crippen LogP contribution in [0.5, 0.6) is 0 Å². The predicted molar refractivity (Wildman–Crippen MR) is 125 cm³/mol. The number of guanidine groups is 1.